The van der Waals surface area contributed by atoms with E-state index in [1.54, 1.807) is 0 Å². The standard InChI is InChI=1S/C7H5IN2.C7H6N2.K.H2O/c8-7-5-3-1-2-4-6(5)9-10-7;1-2-4-7-6(3-1)5-8-9-7;;/h1-4H,(H,9,10);1-5H,(H,8,9);;1H2/q;;+1;/p-1. The number of nitrogens with one attached hydrogen (secondary N) is 2. The number of aromatic amines is 2. The van der Waals surface area contributed by atoms with Gasteiger partial charge in [0.05, 0.1) is 17.2 Å². The van der Waals surface area contributed by atoms with Crippen LogP contribution in [0.5, 0.6) is 0 Å². The average Bonchev–Trinajstić information content (AvgIpc) is 3.07. The Labute approximate surface area is 177 Å². The minimum atomic E-state index is 0. The van der Waals surface area contributed by atoms with Crippen LogP contribution >= 0.6 is 22.6 Å². The van der Waals surface area contributed by atoms with E-state index in [1.807, 2.05) is 48.7 Å². The first-order valence-electron chi connectivity index (χ1n) is 5.81. The maximum atomic E-state index is 4.09. The third-order valence-corrected chi connectivity index (χ3v) is 3.59. The van der Waals surface area contributed by atoms with Crippen molar-refractivity contribution in [3.05, 3.63) is 58.4 Å². The molecule has 3 N–H and O–H groups in total. The molecular weight excluding hydrogens is 406 g/mol. The first-order chi connectivity index (χ1) is 9.34. The van der Waals surface area contributed by atoms with Gasteiger partial charge in [-0.3, -0.25) is 10.2 Å². The van der Waals surface area contributed by atoms with Crippen LogP contribution in [0.25, 0.3) is 21.8 Å². The number of hydrogen-bond acceptors (Lipinski definition) is 3. The molecule has 0 fully saturated rings. The fourth-order valence-corrected chi connectivity index (χ4v) is 2.39. The molecule has 4 rings (SSSR count). The molecule has 2 aromatic heterocycles. The van der Waals surface area contributed by atoms with Crippen molar-refractivity contribution < 1.29 is 56.9 Å². The summed E-state index contributed by atoms with van der Waals surface area (Å²) in [6, 6.07) is 16.1. The molecule has 0 spiro atoms. The van der Waals surface area contributed by atoms with Crippen molar-refractivity contribution in [2.75, 3.05) is 0 Å². The Hall–Kier alpha value is -0.294. The Morgan fingerprint density at radius 3 is 2.38 bits per heavy atom. The summed E-state index contributed by atoms with van der Waals surface area (Å²) in [4.78, 5) is 0. The molecular formula is C14H12IKN4O. The van der Waals surface area contributed by atoms with Crippen molar-refractivity contribution in [2.24, 2.45) is 0 Å². The third-order valence-electron chi connectivity index (χ3n) is 2.76. The van der Waals surface area contributed by atoms with E-state index in [0.717, 1.165) is 20.1 Å². The molecule has 0 amide bonds. The first-order valence-corrected chi connectivity index (χ1v) is 6.89. The predicted molar refractivity (Wildman–Crippen MR) is 86.8 cm³/mol. The van der Waals surface area contributed by atoms with E-state index in [2.05, 4.69) is 49.1 Å². The van der Waals surface area contributed by atoms with Crippen molar-refractivity contribution in [1.82, 2.24) is 20.4 Å². The van der Waals surface area contributed by atoms with Gasteiger partial charge in [-0.15, -0.1) is 0 Å². The number of aromatic nitrogens is 4. The molecule has 0 aliphatic carbocycles. The topological polar surface area (TPSA) is 87.4 Å². The summed E-state index contributed by atoms with van der Waals surface area (Å²) in [6.07, 6.45) is 1.81. The molecule has 0 unspecified atom stereocenters. The molecule has 0 aliphatic heterocycles. The van der Waals surface area contributed by atoms with Crippen molar-refractivity contribution >= 4 is 44.4 Å². The Kier molecular flexibility index (Phi) is 8.02. The molecule has 0 saturated heterocycles. The fraction of sp³-hybridized carbons (Fsp3) is 0. The van der Waals surface area contributed by atoms with Crippen LogP contribution in [0, 0.1) is 3.70 Å². The van der Waals surface area contributed by atoms with Gasteiger partial charge in [0.15, 0.2) is 0 Å². The van der Waals surface area contributed by atoms with E-state index < -0.39 is 0 Å². The van der Waals surface area contributed by atoms with Gasteiger partial charge in [0.1, 0.15) is 3.70 Å². The summed E-state index contributed by atoms with van der Waals surface area (Å²) in [5.41, 5.74) is 2.13. The molecule has 7 heteroatoms. The minimum absolute atomic E-state index is 0. The number of rotatable bonds is 0. The van der Waals surface area contributed by atoms with Gasteiger partial charge in [-0.1, -0.05) is 36.4 Å². The van der Waals surface area contributed by atoms with Gasteiger partial charge in [0.25, 0.3) is 0 Å². The van der Waals surface area contributed by atoms with Gasteiger partial charge >= 0.3 is 51.4 Å². The molecule has 102 valence electrons. The largest absolute Gasteiger partial charge is 1.00 e. The zero-order valence-electron chi connectivity index (χ0n) is 11.4. The predicted octanol–water partition coefficient (Wildman–Crippen LogP) is 0.558. The van der Waals surface area contributed by atoms with Crippen LogP contribution in [0.4, 0.5) is 0 Å². The molecule has 0 aliphatic rings. The van der Waals surface area contributed by atoms with E-state index in [1.165, 1.54) is 5.39 Å². The zero-order chi connectivity index (χ0) is 13.1. The van der Waals surface area contributed by atoms with Crippen LogP contribution in [0.1, 0.15) is 0 Å². The Morgan fingerprint density at radius 1 is 0.905 bits per heavy atom. The minimum Gasteiger partial charge on any atom is -0.870 e. The zero-order valence-corrected chi connectivity index (χ0v) is 16.7. The Morgan fingerprint density at radius 2 is 1.62 bits per heavy atom. The van der Waals surface area contributed by atoms with Crippen molar-refractivity contribution in [3.8, 4) is 0 Å². The van der Waals surface area contributed by atoms with Crippen LogP contribution in [0.3, 0.4) is 0 Å². The van der Waals surface area contributed by atoms with Crippen LogP contribution < -0.4 is 51.4 Å². The van der Waals surface area contributed by atoms with Crippen LogP contribution in [-0.4, -0.2) is 25.9 Å². The van der Waals surface area contributed by atoms with Crippen molar-refractivity contribution in [3.63, 3.8) is 0 Å². The molecule has 4 aromatic rings. The monoisotopic (exact) mass is 418 g/mol. The van der Waals surface area contributed by atoms with Gasteiger partial charge in [-0.2, -0.15) is 10.2 Å². The molecule has 2 heterocycles. The van der Waals surface area contributed by atoms with Crippen molar-refractivity contribution in [2.45, 2.75) is 0 Å². The van der Waals surface area contributed by atoms with E-state index in [0.29, 0.717) is 0 Å². The molecule has 5 nitrogen and oxygen atoms in total. The summed E-state index contributed by atoms with van der Waals surface area (Å²) in [5, 5.41) is 16.1. The molecule has 0 bridgehead atoms. The van der Waals surface area contributed by atoms with Crippen LogP contribution in [-0.2, 0) is 0 Å². The SMILES string of the molecule is Ic1[nH]nc2ccccc12.[K+].[OH-].c1ccc2[nH]ncc2c1. The molecule has 21 heavy (non-hydrogen) atoms. The number of para-hydroxylation sites is 2. The summed E-state index contributed by atoms with van der Waals surface area (Å²) in [6.45, 7) is 0. The first kappa shape index (κ1) is 18.8. The van der Waals surface area contributed by atoms with Gasteiger partial charge in [-0.05, 0) is 34.7 Å². The second kappa shape index (κ2) is 8.98. The fourth-order valence-electron chi connectivity index (χ4n) is 1.81. The molecule has 2 aromatic carbocycles. The maximum Gasteiger partial charge on any atom is 1.00 e. The Balaban J connectivity index is 0.000000192. The Bertz CT molecular complexity index is 784. The van der Waals surface area contributed by atoms with Gasteiger partial charge in [0, 0.05) is 10.8 Å². The van der Waals surface area contributed by atoms with E-state index in [4.69, 9.17) is 0 Å². The average molecular weight is 418 g/mol. The van der Waals surface area contributed by atoms with Gasteiger partial charge < -0.3 is 5.48 Å². The molecule has 0 saturated carbocycles. The van der Waals surface area contributed by atoms with E-state index in [9.17, 15) is 0 Å². The van der Waals surface area contributed by atoms with Crippen LogP contribution in [0.15, 0.2) is 54.7 Å². The number of nitrogens with zero attached hydrogens (tertiary/aromatic N) is 2. The van der Waals surface area contributed by atoms with Gasteiger partial charge in [-0.25, -0.2) is 0 Å². The summed E-state index contributed by atoms with van der Waals surface area (Å²) >= 11 is 2.24. The number of benzene rings is 2. The van der Waals surface area contributed by atoms with Crippen LogP contribution in [0.2, 0.25) is 0 Å². The van der Waals surface area contributed by atoms with Gasteiger partial charge in [0.2, 0.25) is 0 Å². The number of hydrogen-bond donors (Lipinski definition) is 2. The number of H-pyrrole nitrogens is 2. The normalized spacial score (nSPS) is 9.38. The smallest absolute Gasteiger partial charge is 0.870 e. The summed E-state index contributed by atoms with van der Waals surface area (Å²) in [5.74, 6) is 0. The molecule has 0 radical (unpaired) electrons. The second-order valence-electron chi connectivity index (χ2n) is 4.01. The quantitative estimate of drug-likeness (QED) is 0.323. The second-order valence-corrected chi connectivity index (χ2v) is 5.09. The maximum absolute atomic E-state index is 4.09. The third kappa shape index (κ3) is 4.59. The number of fused-ring (bicyclic) bond motifs is 2. The summed E-state index contributed by atoms with van der Waals surface area (Å²) < 4.78 is 1.10. The van der Waals surface area contributed by atoms with E-state index >= 15 is 0 Å². The summed E-state index contributed by atoms with van der Waals surface area (Å²) in [7, 11) is 0. The molecule has 0 atom stereocenters. The van der Waals surface area contributed by atoms with Crippen molar-refractivity contribution in [1.29, 1.82) is 0 Å². The van der Waals surface area contributed by atoms with E-state index in [-0.39, 0.29) is 56.9 Å². The number of halogens is 1.